The molecule has 1 aromatic rings. The molecule has 106 valence electrons. The van der Waals surface area contributed by atoms with Crippen molar-refractivity contribution in [2.75, 3.05) is 32.1 Å². The highest BCUT2D eigenvalue weighted by Gasteiger charge is 2.23. The molecule has 5 nitrogen and oxygen atoms in total. The van der Waals surface area contributed by atoms with Crippen molar-refractivity contribution >= 4 is 26.0 Å². The Morgan fingerprint density at radius 1 is 1.26 bits per heavy atom. The molecule has 0 radical (unpaired) electrons. The minimum Gasteiger partial charge on any atom is -0.486 e. The standard InChI is InChI=1S/C12H16BrNO4S/c1-14(6-2-5-13)19(15,16)10-3-4-11-12(9-10)18-8-7-17-11/h3-4,9H,2,5-8H2,1H3. The summed E-state index contributed by atoms with van der Waals surface area (Å²) < 4.78 is 36.8. The van der Waals surface area contributed by atoms with Crippen LogP contribution < -0.4 is 9.47 Å². The molecular weight excluding hydrogens is 334 g/mol. The molecule has 0 unspecified atom stereocenters. The van der Waals surface area contributed by atoms with Crippen LogP contribution in [0.2, 0.25) is 0 Å². The fraction of sp³-hybridized carbons (Fsp3) is 0.500. The molecule has 0 saturated carbocycles. The maximum atomic E-state index is 12.3. The topological polar surface area (TPSA) is 55.8 Å². The lowest BCUT2D eigenvalue weighted by atomic mass is 10.3. The summed E-state index contributed by atoms with van der Waals surface area (Å²) in [6.07, 6.45) is 0.764. The second-order valence-corrected chi connectivity index (χ2v) is 7.01. The first-order valence-electron chi connectivity index (χ1n) is 5.97. The Hall–Kier alpha value is -0.790. The number of halogens is 1. The monoisotopic (exact) mass is 349 g/mol. The van der Waals surface area contributed by atoms with E-state index < -0.39 is 10.0 Å². The van der Waals surface area contributed by atoms with E-state index in [2.05, 4.69) is 15.9 Å². The average Bonchev–Trinajstić information content (AvgIpc) is 2.44. The summed E-state index contributed by atoms with van der Waals surface area (Å²) >= 11 is 3.29. The van der Waals surface area contributed by atoms with Gasteiger partial charge in [-0.3, -0.25) is 0 Å². The lowest BCUT2D eigenvalue weighted by Crippen LogP contribution is -2.28. The first-order chi connectivity index (χ1) is 9.05. The predicted molar refractivity (Wildman–Crippen MR) is 75.7 cm³/mol. The number of ether oxygens (including phenoxy) is 2. The molecular formula is C12H16BrNO4S. The van der Waals surface area contributed by atoms with E-state index in [4.69, 9.17) is 9.47 Å². The summed E-state index contributed by atoms with van der Waals surface area (Å²) in [5.41, 5.74) is 0. The summed E-state index contributed by atoms with van der Waals surface area (Å²) in [5.74, 6) is 1.08. The average molecular weight is 350 g/mol. The van der Waals surface area contributed by atoms with Gasteiger partial charge in [0.25, 0.3) is 0 Å². The molecule has 2 rings (SSSR count). The number of sulfonamides is 1. The SMILES string of the molecule is CN(CCCBr)S(=O)(=O)c1ccc2c(c1)OCCO2. The normalized spacial score (nSPS) is 14.7. The third kappa shape index (κ3) is 3.21. The minimum absolute atomic E-state index is 0.230. The van der Waals surface area contributed by atoms with Crippen molar-refractivity contribution in [3.63, 3.8) is 0 Å². The molecule has 0 saturated heterocycles. The van der Waals surface area contributed by atoms with Crippen molar-refractivity contribution in [2.24, 2.45) is 0 Å². The van der Waals surface area contributed by atoms with Gasteiger partial charge in [0.05, 0.1) is 4.90 Å². The van der Waals surface area contributed by atoms with Gasteiger partial charge in [0.15, 0.2) is 11.5 Å². The van der Waals surface area contributed by atoms with Gasteiger partial charge < -0.3 is 9.47 Å². The van der Waals surface area contributed by atoms with Crippen LogP contribution in [-0.2, 0) is 10.0 Å². The number of alkyl halides is 1. The zero-order valence-corrected chi connectivity index (χ0v) is 13.0. The van der Waals surface area contributed by atoms with E-state index in [9.17, 15) is 8.42 Å². The van der Waals surface area contributed by atoms with Gasteiger partial charge >= 0.3 is 0 Å². The van der Waals surface area contributed by atoms with Crippen LogP contribution in [0.3, 0.4) is 0 Å². The van der Waals surface area contributed by atoms with Crippen LogP contribution in [0.15, 0.2) is 23.1 Å². The lowest BCUT2D eigenvalue weighted by molar-refractivity contribution is 0.171. The highest BCUT2D eigenvalue weighted by Crippen LogP contribution is 2.32. The highest BCUT2D eigenvalue weighted by molar-refractivity contribution is 9.09. The smallest absolute Gasteiger partial charge is 0.242 e. The van der Waals surface area contributed by atoms with Gasteiger partial charge in [-0.15, -0.1) is 0 Å². The molecule has 0 atom stereocenters. The van der Waals surface area contributed by atoms with Gasteiger partial charge in [-0.2, -0.15) is 0 Å². The van der Waals surface area contributed by atoms with Gasteiger partial charge in [0, 0.05) is 25.0 Å². The predicted octanol–water partition coefficient (Wildman–Crippen LogP) is 1.86. The summed E-state index contributed by atoms with van der Waals surface area (Å²) in [4.78, 5) is 0.230. The Balaban J connectivity index is 2.25. The Morgan fingerprint density at radius 2 is 1.95 bits per heavy atom. The number of hydrogen-bond acceptors (Lipinski definition) is 4. The molecule has 0 aromatic heterocycles. The number of fused-ring (bicyclic) bond motifs is 1. The van der Waals surface area contributed by atoms with Crippen LogP contribution in [0.1, 0.15) is 6.42 Å². The quantitative estimate of drug-likeness (QED) is 0.761. The zero-order valence-electron chi connectivity index (χ0n) is 10.6. The molecule has 7 heteroatoms. The second-order valence-electron chi connectivity index (χ2n) is 4.17. The van der Waals surface area contributed by atoms with Crippen molar-refractivity contribution in [3.8, 4) is 11.5 Å². The molecule has 0 fully saturated rings. The van der Waals surface area contributed by atoms with Gasteiger partial charge in [-0.05, 0) is 18.6 Å². The Bertz CT molecular complexity index is 547. The van der Waals surface area contributed by atoms with E-state index in [0.717, 1.165) is 11.8 Å². The molecule has 1 aromatic carbocycles. The minimum atomic E-state index is -3.47. The Labute approximate surface area is 121 Å². The maximum Gasteiger partial charge on any atom is 0.242 e. The van der Waals surface area contributed by atoms with E-state index in [1.807, 2.05) is 0 Å². The number of nitrogens with zero attached hydrogens (tertiary/aromatic N) is 1. The van der Waals surface area contributed by atoms with Crippen molar-refractivity contribution < 1.29 is 17.9 Å². The number of rotatable bonds is 5. The fourth-order valence-electron chi connectivity index (χ4n) is 1.77. The van der Waals surface area contributed by atoms with Crippen LogP contribution >= 0.6 is 15.9 Å². The highest BCUT2D eigenvalue weighted by atomic mass is 79.9. The second kappa shape index (κ2) is 6.11. The van der Waals surface area contributed by atoms with Crippen molar-refractivity contribution in [2.45, 2.75) is 11.3 Å². The van der Waals surface area contributed by atoms with Gasteiger partial charge in [0.1, 0.15) is 13.2 Å². The van der Waals surface area contributed by atoms with E-state index in [-0.39, 0.29) is 4.90 Å². The van der Waals surface area contributed by atoms with E-state index in [1.165, 1.54) is 10.4 Å². The van der Waals surface area contributed by atoms with Crippen molar-refractivity contribution in [1.82, 2.24) is 4.31 Å². The first-order valence-corrected chi connectivity index (χ1v) is 8.54. The van der Waals surface area contributed by atoms with Gasteiger partial charge in [-0.1, -0.05) is 15.9 Å². The molecule has 0 bridgehead atoms. The summed E-state index contributed by atoms with van der Waals surface area (Å²) in [7, 11) is -1.89. The molecule has 1 aliphatic heterocycles. The fourth-order valence-corrected chi connectivity index (χ4v) is 3.24. The van der Waals surface area contributed by atoms with E-state index >= 15 is 0 Å². The van der Waals surface area contributed by atoms with Crippen molar-refractivity contribution in [1.29, 1.82) is 0 Å². The van der Waals surface area contributed by atoms with Gasteiger partial charge in [-0.25, -0.2) is 12.7 Å². The molecule has 0 aliphatic carbocycles. The van der Waals surface area contributed by atoms with Crippen LogP contribution in [0, 0.1) is 0 Å². The molecule has 0 N–H and O–H groups in total. The molecule has 0 spiro atoms. The molecule has 19 heavy (non-hydrogen) atoms. The largest absolute Gasteiger partial charge is 0.486 e. The van der Waals surface area contributed by atoms with Crippen LogP contribution in [0.4, 0.5) is 0 Å². The van der Waals surface area contributed by atoms with E-state index in [1.54, 1.807) is 19.2 Å². The Kier molecular flexibility index (Phi) is 4.70. The van der Waals surface area contributed by atoms with Crippen molar-refractivity contribution in [3.05, 3.63) is 18.2 Å². The third-order valence-electron chi connectivity index (χ3n) is 2.83. The lowest BCUT2D eigenvalue weighted by Gasteiger charge is -2.21. The van der Waals surface area contributed by atoms with E-state index in [0.29, 0.717) is 31.3 Å². The van der Waals surface area contributed by atoms with Crippen LogP contribution in [0.5, 0.6) is 11.5 Å². The van der Waals surface area contributed by atoms with Gasteiger partial charge in [0.2, 0.25) is 10.0 Å². The maximum absolute atomic E-state index is 12.3. The summed E-state index contributed by atoms with van der Waals surface area (Å²) in [6, 6.07) is 4.71. The molecule has 0 amide bonds. The number of hydrogen-bond donors (Lipinski definition) is 0. The first kappa shape index (κ1) is 14.6. The molecule has 1 heterocycles. The summed E-state index contributed by atoms with van der Waals surface area (Å²) in [6.45, 7) is 1.40. The summed E-state index contributed by atoms with van der Waals surface area (Å²) in [5, 5.41) is 0.772. The Morgan fingerprint density at radius 3 is 2.63 bits per heavy atom. The number of benzene rings is 1. The van der Waals surface area contributed by atoms with Crippen LogP contribution in [0.25, 0.3) is 0 Å². The molecule has 1 aliphatic rings. The zero-order chi connectivity index (χ0) is 13.9. The van der Waals surface area contributed by atoms with Crippen LogP contribution in [-0.4, -0.2) is 44.9 Å². The third-order valence-corrected chi connectivity index (χ3v) is 5.24.